The summed E-state index contributed by atoms with van der Waals surface area (Å²) in [5.41, 5.74) is 6.78. The summed E-state index contributed by atoms with van der Waals surface area (Å²) in [6.07, 6.45) is 1.12. The van der Waals surface area contributed by atoms with Crippen LogP contribution in [0.4, 0.5) is 5.69 Å². The first-order valence-corrected chi connectivity index (χ1v) is 4.16. The molecule has 0 saturated heterocycles. The number of aromatic nitrogens is 2. The van der Waals surface area contributed by atoms with E-state index in [9.17, 15) is 10.0 Å². The van der Waals surface area contributed by atoms with E-state index in [1.807, 2.05) is 0 Å². The first kappa shape index (κ1) is 9.32. The van der Waals surface area contributed by atoms with Crippen LogP contribution in [0.5, 0.6) is 0 Å². The minimum Gasteiger partial charge on any atom is -0.805 e. The molecule has 1 heterocycles. The summed E-state index contributed by atoms with van der Waals surface area (Å²) in [7, 11) is 1.25. The lowest BCUT2D eigenvalue weighted by Crippen LogP contribution is -2.05. The standard InChI is InChI=1S/C9H8N3O3/c1-15-9(13)5-2-8-7(3-6(5)10)11-4-12(8)14/h2-4H,10H2,1H3/q-1. The molecule has 2 N–H and O–H groups in total. The molecular formula is C9H8N3O3-. The van der Waals surface area contributed by atoms with Crippen LogP contribution in [-0.4, -0.2) is 22.8 Å². The van der Waals surface area contributed by atoms with Gasteiger partial charge in [-0.25, -0.2) is 9.78 Å². The van der Waals surface area contributed by atoms with Crippen molar-refractivity contribution in [2.75, 3.05) is 12.8 Å². The quantitative estimate of drug-likeness (QED) is 0.549. The van der Waals surface area contributed by atoms with Gasteiger partial charge in [0.25, 0.3) is 0 Å². The molecule has 0 aliphatic heterocycles. The van der Waals surface area contributed by atoms with Gasteiger partial charge in [-0.2, -0.15) is 0 Å². The number of ether oxygens (including phenoxy) is 1. The zero-order valence-corrected chi connectivity index (χ0v) is 7.93. The monoisotopic (exact) mass is 206 g/mol. The maximum atomic E-state index is 11.3. The second-order valence-electron chi connectivity index (χ2n) is 2.99. The Hall–Kier alpha value is -2.24. The third-order valence-corrected chi connectivity index (χ3v) is 2.09. The number of nitrogens with zero attached hydrogens (tertiary/aromatic N) is 2. The fourth-order valence-electron chi connectivity index (χ4n) is 1.34. The molecular weight excluding hydrogens is 198 g/mol. The SMILES string of the molecule is COC(=O)c1cc2c(cc1N)ncn2[O-]. The van der Waals surface area contributed by atoms with Gasteiger partial charge in [0, 0.05) is 5.69 Å². The van der Waals surface area contributed by atoms with Crippen LogP contribution in [0, 0.1) is 5.21 Å². The Balaban J connectivity index is 2.70. The van der Waals surface area contributed by atoms with E-state index in [0.717, 1.165) is 6.33 Å². The van der Waals surface area contributed by atoms with Crippen molar-refractivity contribution in [3.8, 4) is 0 Å². The van der Waals surface area contributed by atoms with Crippen LogP contribution in [0.25, 0.3) is 11.0 Å². The number of imidazole rings is 1. The number of benzene rings is 1. The Bertz CT molecular complexity index is 533. The van der Waals surface area contributed by atoms with Crippen molar-refractivity contribution in [1.82, 2.24) is 9.71 Å². The highest BCUT2D eigenvalue weighted by atomic mass is 16.5. The van der Waals surface area contributed by atoms with Gasteiger partial charge in [-0.3, -0.25) is 0 Å². The summed E-state index contributed by atoms with van der Waals surface area (Å²) in [4.78, 5) is 15.1. The molecule has 0 aliphatic rings. The van der Waals surface area contributed by atoms with Crippen molar-refractivity contribution in [2.45, 2.75) is 0 Å². The maximum Gasteiger partial charge on any atom is 0.340 e. The van der Waals surface area contributed by atoms with Crippen molar-refractivity contribution in [2.24, 2.45) is 0 Å². The number of anilines is 1. The Kier molecular flexibility index (Phi) is 1.96. The summed E-state index contributed by atoms with van der Waals surface area (Å²) < 4.78 is 5.10. The van der Waals surface area contributed by atoms with Crippen molar-refractivity contribution in [1.29, 1.82) is 0 Å². The van der Waals surface area contributed by atoms with Gasteiger partial charge in [0.2, 0.25) is 0 Å². The van der Waals surface area contributed by atoms with Gasteiger partial charge >= 0.3 is 5.97 Å². The molecule has 0 saturated carbocycles. The highest BCUT2D eigenvalue weighted by Gasteiger charge is 2.12. The van der Waals surface area contributed by atoms with Crippen molar-refractivity contribution in [3.63, 3.8) is 0 Å². The molecule has 0 amide bonds. The van der Waals surface area contributed by atoms with Crippen molar-refractivity contribution in [3.05, 3.63) is 29.2 Å². The highest BCUT2D eigenvalue weighted by Crippen LogP contribution is 2.21. The van der Waals surface area contributed by atoms with Crippen LogP contribution in [0.15, 0.2) is 18.5 Å². The van der Waals surface area contributed by atoms with Crippen LogP contribution in [0.2, 0.25) is 0 Å². The van der Waals surface area contributed by atoms with Gasteiger partial charge in [-0.15, -0.1) is 0 Å². The van der Waals surface area contributed by atoms with Gasteiger partial charge in [0.15, 0.2) is 0 Å². The van der Waals surface area contributed by atoms with E-state index in [4.69, 9.17) is 5.73 Å². The van der Waals surface area contributed by atoms with Crippen LogP contribution in [0.3, 0.4) is 0 Å². The molecule has 78 valence electrons. The molecule has 0 bridgehead atoms. The fraction of sp³-hybridized carbons (Fsp3) is 0.111. The number of methoxy groups -OCH3 is 1. The molecule has 0 unspecified atom stereocenters. The molecule has 2 aromatic rings. The van der Waals surface area contributed by atoms with E-state index in [-0.39, 0.29) is 11.3 Å². The number of hydrogen-bond donors (Lipinski definition) is 1. The Labute approximate surface area is 84.8 Å². The van der Waals surface area contributed by atoms with Gasteiger partial charge in [-0.1, -0.05) is 0 Å². The van der Waals surface area contributed by atoms with E-state index < -0.39 is 5.97 Å². The lowest BCUT2D eigenvalue weighted by atomic mass is 10.1. The van der Waals surface area contributed by atoms with Gasteiger partial charge in [0.05, 0.1) is 30.0 Å². The molecule has 15 heavy (non-hydrogen) atoms. The van der Waals surface area contributed by atoms with Gasteiger partial charge in [0.1, 0.15) is 0 Å². The zero-order chi connectivity index (χ0) is 11.0. The normalized spacial score (nSPS) is 10.5. The lowest BCUT2D eigenvalue weighted by Gasteiger charge is -2.08. The second kappa shape index (κ2) is 3.16. The minimum atomic E-state index is -0.574. The number of hydrogen-bond acceptors (Lipinski definition) is 5. The van der Waals surface area contributed by atoms with Crippen LogP contribution < -0.4 is 5.73 Å². The molecule has 1 aromatic carbocycles. The fourth-order valence-corrected chi connectivity index (χ4v) is 1.34. The summed E-state index contributed by atoms with van der Waals surface area (Å²) in [5.74, 6) is -0.574. The first-order valence-electron chi connectivity index (χ1n) is 4.16. The largest absolute Gasteiger partial charge is 0.805 e. The second-order valence-corrected chi connectivity index (χ2v) is 2.99. The lowest BCUT2D eigenvalue weighted by molar-refractivity contribution is 0.0602. The number of rotatable bonds is 1. The predicted octanol–water partition coefficient (Wildman–Crippen LogP) is 0.751. The molecule has 0 aliphatic carbocycles. The maximum absolute atomic E-state index is 11.3. The third kappa shape index (κ3) is 1.35. The van der Waals surface area contributed by atoms with Crippen molar-refractivity contribution < 1.29 is 9.53 Å². The molecule has 0 fully saturated rings. The Morgan fingerprint density at radius 3 is 3.00 bits per heavy atom. The average molecular weight is 206 g/mol. The number of nitrogens with two attached hydrogens (primary N) is 1. The van der Waals surface area contributed by atoms with Crippen LogP contribution in [-0.2, 0) is 4.74 Å². The Morgan fingerprint density at radius 2 is 2.33 bits per heavy atom. The molecule has 6 heteroatoms. The predicted molar refractivity (Wildman–Crippen MR) is 54.2 cm³/mol. The molecule has 0 spiro atoms. The Morgan fingerprint density at radius 1 is 1.60 bits per heavy atom. The van der Waals surface area contributed by atoms with Crippen molar-refractivity contribution >= 4 is 22.7 Å². The third-order valence-electron chi connectivity index (χ3n) is 2.09. The minimum absolute atomic E-state index is 0.169. The molecule has 1 aromatic heterocycles. The summed E-state index contributed by atoms with van der Waals surface area (Å²) in [6.45, 7) is 0. The number of carbonyl (C=O) groups excluding carboxylic acids is 1. The topological polar surface area (TPSA) is 93.2 Å². The summed E-state index contributed by atoms with van der Waals surface area (Å²) in [5, 5.41) is 11.2. The van der Waals surface area contributed by atoms with E-state index in [1.54, 1.807) is 0 Å². The van der Waals surface area contributed by atoms with Gasteiger partial charge in [-0.05, 0) is 12.1 Å². The molecule has 2 rings (SSSR count). The van der Waals surface area contributed by atoms with E-state index in [2.05, 4.69) is 9.72 Å². The van der Waals surface area contributed by atoms with Crippen LogP contribution >= 0.6 is 0 Å². The smallest absolute Gasteiger partial charge is 0.340 e. The van der Waals surface area contributed by atoms with E-state index >= 15 is 0 Å². The molecule has 0 radical (unpaired) electrons. The van der Waals surface area contributed by atoms with Crippen LogP contribution in [0.1, 0.15) is 10.4 Å². The number of fused-ring (bicyclic) bond motifs is 1. The average Bonchev–Trinajstić information content (AvgIpc) is 2.58. The number of carbonyl (C=O) groups is 1. The molecule has 0 atom stereocenters. The highest BCUT2D eigenvalue weighted by molar-refractivity contribution is 5.99. The summed E-state index contributed by atoms with van der Waals surface area (Å²) in [6, 6.07) is 2.84. The first-order chi connectivity index (χ1) is 7.13. The van der Waals surface area contributed by atoms with Gasteiger partial charge < -0.3 is 20.4 Å². The number of nitrogen functional groups attached to an aromatic ring is 1. The van der Waals surface area contributed by atoms with E-state index in [1.165, 1.54) is 19.2 Å². The zero-order valence-electron chi connectivity index (χ0n) is 7.93. The summed E-state index contributed by atoms with van der Waals surface area (Å²) >= 11 is 0. The molecule has 6 nitrogen and oxygen atoms in total. The van der Waals surface area contributed by atoms with E-state index in [0.29, 0.717) is 15.8 Å². The number of esters is 1.